The van der Waals surface area contributed by atoms with Crippen molar-refractivity contribution >= 4 is 24.0 Å². The van der Waals surface area contributed by atoms with E-state index in [1.54, 1.807) is 31.7 Å². The highest BCUT2D eigenvalue weighted by atomic mass is 16.6. The van der Waals surface area contributed by atoms with Crippen molar-refractivity contribution in [3.8, 4) is 0 Å². The molecule has 1 saturated carbocycles. The molecule has 1 aliphatic carbocycles. The Hall–Kier alpha value is -2.87. The number of aliphatic hydroxyl groups excluding tert-OH is 1. The van der Waals surface area contributed by atoms with Gasteiger partial charge in [0.1, 0.15) is 17.7 Å². The molecule has 1 aromatic rings. The molecule has 0 spiro atoms. The first-order valence-electron chi connectivity index (χ1n) is 14.3. The van der Waals surface area contributed by atoms with E-state index in [9.17, 15) is 19.5 Å². The van der Waals surface area contributed by atoms with E-state index in [1.165, 1.54) is 0 Å². The van der Waals surface area contributed by atoms with E-state index in [2.05, 4.69) is 31.1 Å². The third-order valence-corrected chi connectivity index (χ3v) is 7.00. The molecule has 8 nitrogen and oxygen atoms in total. The van der Waals surface area contributed by atoms with Gasteiger partial charge in [0.25, 0.3) is 0 Å². The molecule has 0 aliphatic heterocycles. The average molecular weight is 544 g/mol. The van der Waals surface area contributed by atoms with E-state index in [0.29, 0.717) is 17.9 Å². The molecule has 3 atom stereocenters. The second-order valence-electron chi connectivity index (χ2n) is 12.1. The molecule has 8 heteroatoms. The lowest BCUT2D eigenvalue weighted by Crippen LogP contribution is -2.57. The van der Waals surface area contributed by atoms with Gasteiger partial charge in [0, 0.05) is 12.1 Å². The van der Waals surface area contributed by atoms with Crippen LogP contribution in [0.4, 0.5) is 4.79 Å². The van der Waals surface area contributed by atoms with Gasteiger partial charge in [-0.3, -0.25) is 9.59 Å². The summed E-state index contributed by atoms with van der Waals surface area (Å²) in [6.45, 7) is 14.5. The number of nitrogens with zero attached hydrogens (tertiary/aromatic N) is 1. The van der Waals surface area contributed by atoms with Crippen LogP contribution in [0.5, 0.6) is 0 Å². The number of hydrogen-bond acceptors (Lipinski definition) is 5. The number of rotatable bonds is 12. The van der Waals surface area contributed by atoms with E-state index in [-0.39, 0.29) is 18.0 Å². The molecule has 0 bridgehead atoms. The van der Waals surface area contributed by atoms with Crippen LogP contribution in [0, 0.1) is 5.92 Å². The zero-order valence-corrected chi connectivity index (χ0v) is 24.7. The maximum absolute atomic E-state index is 14.1. The van der Waals surface area contributed by atoms with Crippen LogP contribution >= 0.6 is 0 Å². The van der Waals surface area contributed by atoms with Gasteiger partial charge >= 0.3 is 6.09 Å². The largest absolute Gasteiger partial charge is 0.444 e. The van der Waals surface area contributed by atoms with Crippen LogP contribution in [-0.2, 0) is 14.3 Å². The lowest BCUT2D eigenvalue weighted by molar-refractivity contribution is -0.146. The van der Waals surface area contributed by atoms with Crippen molar-refractivity contribution in [2.45, 2.75) is 116 Å². The Morgan fingerprint density at radius 3 is 2.36 bits per heavy atom. The van der Waals surface area contributed by atoms with Crippen molar-refractivity contribution in [2.75, 3.05) is 6.61 Å². The maximum Gasteiger partial charge on any atom is 0.408 e. The van der Waals surface area contributed by atoms with Gasteiger partial charge in [-0.25, -0.2) is 4.79 Å². The summed E-state index contributed by atoms with van der Waals surface area (Å²) in [6, 6.07) is 4.92. The van der Waals surface area contributed by atoms with Gasteiger partial charge in [-0.2, -0.15) is 0 Å². The zero-order chi connectivity index (χ0) is 29.2. The fourth-order valence-electron chi connectivity index (χ4n) is 4.95. The minimum absolute atomic E-state index is 0.0489. The topological polar surface area (TPSA) is 108 Å². The second-order valence-corrected chi connectivity index (χ2v) is 12.1. The van der Waals surface area contributed by atoms with Gasteiger partial charge < -0.3 is 25.4 Å². The standard InChI is InChI=1S/C31H49N3O5/c1-8-23-13-12-14-24(19-23)27(28(36)32-25-15-10-9-11-16-25)34(22(4)18-17-21(2)3)29(37)26(20-35)33-30(38)39-31(5,6)7/h8,12-14,19,21-22,25-27,35H,1,9-11,15-18,20H2,2-7H3,(H,32,36)(H,33,38). The molecule has 0 aromatic heterocycles. The van der Waals surface area contributed by atoms with Crippen LogP contribution in [0.3, 0.4) is 0 Å². The van der Waals surface area contributed by atoms with Crippen LogP contribution in [0.1, 0.15) is 104 Å². The molecule has 39 heavy (non-hydrogen) atoms. The average Bonchev–Trinajstić information content (AvgIpc) is 2.88. The van der Waals surface area contributed by atoms with Crippen LogP contribution in [0.15, 0.2) is 30.8 Å². The molecule has 0 radical (unpaired) electrons. The first kappa shape index (κ1) is 32.3. The summed E-state index contributed by atoms with van der Waals surface area (Å²) in [6.07, 6.45) is 7.48. The van der Waals surface area contributed by atoms with Crippen molar-refractivity contribution in [3.63, 3.8) is 0 Å². The summed E-state index contributed by atoms with van der Waals surface area (Å²) < 4.78 is 5.34. The fraction of sp³-hybridized carbons (Fsp3) is 0.645. The zero-order valence-electron chi connectivity index (χ0n) is 24.7. The fourth-order valence-corrected chi connectivity index (χ4v) is 4.95. The molecular formula is C31H49N3O5. The number of carbonyl (C=O) groups is 3. The van der Waals surface area contributed by atoms with Gasteiger partial charge in [0.2, 0.25) is 11.8 Å². The quantitative estimate of drug-likeness (QED) is 0.329. The van der Waals surface area contributed by atoms with Crippen molar-refractivity contribution in [3.05, 3.63) is 42.0 Å². The molecule has 3 unspecified atom stereocenters. The van der Waals surface area contributed by atoms with E-state index in [4.69, 9.17) is 4.74 Å². The summed E-state index contributed by atoms with van der Waals surface area (Å²) >= 11 is 0. The number of ether oxygens (including phenoxy) is 1. The van der Waals surface area contributed by atoms with Crippen molar-refractivity contribution in [2.24, 2.45) is 5.92 Å². The van der Waals surface area contributed by atoms with E-state index in [1.807, 2.05) is 31.2 Å². The summed E-state index contributed by atoms with van der Waals surface area (Å²) in [4.78, 5) is 42.2. The van der Waals surface area contributed by atoms with Gasteiger partial charge in [0.15, 0.2) is 0 Å². The third-order valence-electron chi connectivity index (χ3n) is 7.00. The Bertz CT molecular complexity index is 965. The number of hydrogen-bond donors (Lipinski definition) is 3. The molecule has 0 heterocycles. The van der Waals surface area contributed by atoms with Gasteiger partial charge in [-0.05, 0) is 76.5 Å². The molecule has 1 fully saturated rings. The minimum Gasteiger partial charge on any atom is -0.444 e. The third kappa shape index (κ3) is 10.3. The van der Waals surface area contributed by atoms with Gasteiger partial charge in [-0.1, -0.05) is 64.0 Å². The monoisotopic (exact) mass is 543 g/mol. The molecule has 218 valence electrons. The Morgan fingerprint density at radius 2 is 1.79 bits per heavy atom. The maximum atomic E-state index is 14.1. The second kappa shape index (κ2) is 15.1. The van der Waals surface area contributed by atoms with Gasteiger partial charge in [-0.15, -0.1) is 0 Å². The molecule has 3 amide bonds. The van der Waals surface area contributed by atoms with Crippen LogP contribution in [-0.4, -0.2) is 58.2 Å². The summed E-state index contributed by atoms with van der Waals surface area (Å²) in [7, 11) is 0. The Morgan fingerprint density at radius 1 is 1.13 bits per heavy atom. The summed E-state index contributed by atoms with van der Waals surface area (Å²) in [5.41, 5.74) is 0.709. The Labute approximate surface area is 234 Å². The normalized spacial score (nSPS) is 16.6. The lowest BCUT2D eigenvalue weighted by atomic mass is 9.93. The van der Waals surface area contributed by atoms with Crippen LogP contribution in [0.2, 0.25) is 0 Å². The number of amides is 3. The molecular weight excluding hydrogens is 494 g/mol. The minimum atomic E-state index is -1.27. The highest BCUT2D eigenvalue weighted by Crippen LogP contribution is 2.29. The SMILES string of the molecule is C=Cc1cccc(C(C(=O)NC2CCCCC2)N(C(=O)C(CO)NC(=O)OC(C)(C)C)C(C)CCC(C)C)c1. The van der Waals surface area contributed by atoms with Crippen molar-refractivity contribution in [1.29, 1.82) is 0 Å². The number of alkyl carbamates (subject to hydrolysis) is 1. The van der Waals surface area contributed by atoms with Crippen LogP contribution < -0.4 is 10.6 Å². The molecule has 2 rings (SSSR count). The molecule has 3 N–H and O–H groups in total. The van der Waals surface area contributed by atoms with Crippen LogP contribution in [0.25, 0.3) is 6.08 Å². The number of carbonyl (C=O) groups excluding carboxylic acids is 3. The number of aliphatic hydroxyl groups is 1. The predicted octanol–water partition coefficient (Wildman–Crippen LogP) is 5.36. The molecule has 1 aliphatic rings. The number of benzene rings is 1. The first-order valence-corrected chi connectivity index (χ1v) is 14.3. The predicted molar refractivity (Wildman–Crippen MR) is 155 cm³/mol. The van der Waals surface area contributed by atoms with Crippen molar-refractivity contribution in [1.82, 2.24) is 15.5 Å². The summed E-state index contributed by atoms with van der Waals surface area (Å²) in [5, 5.41) is 15.9. The van der Waals surface area contributed by atoms with Crippen molar-refractivity contribution < 1.29 is 24.2 Å². The van der Waals surface area contributed by atoms with E-state index < -0.39 is 36.3 Å². The lowest BCUT2D eigenvalue weighted by Gasteiger charge is -2.39. The first-order chi connectivity index (χ1) is 18.4. The number of nitrogens with one attached hydrogen (secondary N) is 2. The Kier molecular flexibility index (Phi) is 12.5. The van der Waals surface area contributed by atoms with E-state index >= 15 is 0 Å². The van der Waals surface area contributed by atoms with E-state index in [0.717, 1.165) is 44.1 Å². The molecule has 0 saturated heterocycles. The highest BCUT2D eigenvalue weighted by molar-refractivity contribution is 5.92. The molecule has 1 aromatic carbocycles. The van der Waals surface area contributed by atoms with Gasteiger partial charge in [0.05, 0.1) is 6.61 Å². The highest BCUT2D eigenvalue weighted by Gasteiger charge is 2.39. The summed E-state index contributed by atoms with van der Waals surface area (Å²) in [5.74, 6) is -0.397. The Balaban J connectivity index is 2.52. The smallest absolute Gasteiger partial charge is 0.408 e.